The SMILES string of the molecule is CCC(N)Cc1ccn(Cc2nn(C)c3ccccc23)c1. The third-order valence-corrected chi connectivity index (χ3v) is 4.00. The van der Waals surface area contributed by atoms with Gasteiger partial charge in [0.1, 0.15) is 0 Å². The largest absolute Gasteiger partial charge is 0.348 e. The van der Waals surface area contributed by atoms with E-state index in [1.807, 2.05) is 17.8 Å². The van der Waals surface area contributed by atoms with Crippen LogP contribution < -0.4 is 5.73 Å². The van der Waals surface area contributed by atoms with Crippen LogP contribution in [-0.2, 0) is 20.0 Å². The van der Waals surface area contributed by atoms with Gasteiger partial charge in [0.25, 0.3) is 0 Å². The zero-order valence-corrected chi connectivity index (χ0v) is 12.7. The van der Waals surface area contributed by atoms with Crippen LogP contribution in [0.2, 0.25) is 0 Å². The predicted molar refractivity (Wildman–Crippen MR) is 86.2 cm³/mol. The molecule has 21 heavy (non-hydrogen) atoms. The van der Waals surface area contributed by atoms with Crippen LogP contribution in [0.3, 0.4) is 0 Å². The van der Waals surface area contributed by atoms with Gasteiger partial charge in [-0.05, 0) is 30.5 Å². The molecule has 4 nitrogen and oxygen atoms in total. The molecule has 1 atom stereocenters. The predicted octanol–water partition coefficient (Wildman–Crippen LogP) is 2.70. The van der Waals surface area contributed by atoms with Crippen molar-refractivity contribution in [1.29, 1.82) is 0 Å². The van der Waals surface area contributed by atoms with E-state index in [9.17, 15) is 0 Å². The van der Waals surface area contributed by atoms with E-state index in [-0.39, 0.29) is 6.04 Å². The lowest BCUT2D eigenvalue weighted by Gasteiger charge is -2.06. The number of nitrogens with two attached hydrogens (primary N) is 1. The summed E-state index contributed by atoms with van der Waals surface area (Å²) in [5, 5.41) is 5.87. The highest BCUT2D eigenvalue weighted by Crippen LogP contribution is 2.18. The molecule has 2 N–H and O–H groups in total. The molecular weight excluding hydrogens is 260 g/mol. The number of fused-ring (bicyclic) bond motifs is 1. The van der Waals surface area contributed by atoms with Crippen LogP contribution in [0, 0.1) is 0 Å². The second-order valence-electron chi connectivity index (χ2n) is 5.65. The molecule has 3 rings (SSSR count). The molecule has 0 radical (unpaired) electrons. The molecule has 2 aromatic heterocycles. The normalized spacial score (nSPS) is 12.9. The summed E-state index contributed by atoms with van der Waals surface area (Å²) in [4.78, 5) is 0. The fourth-order valence-electron chi connectivity index (χ4n) is 2.74. The molecule has 1 unspecified atom stereocenters. The average molecular weight is 282 g/mol. The fourth-order valence-corrected chi connectivity index (χ4v) is 2.74. The fraction of sp³-hybridized carbons (Fsp3) is 0.353. The first kappa shape index (κ1) is 13.9. The summed E-state index contributed by atoms with van der Waals surface area (Å²) in [6, 6.07) is 10.8. The number of nitrogens with zero attached hydrogens (tertiary/aromatic N) is 3. The Labute approximate surface area is 125 Å². The molecule has 0 saturated carbocycles. The third kappa shape index (κ3) is 2.85. The van der Waals surface area contributed by atoms with Crippen molar-refractivity contribution in [1.82, 2.24) is 14.3 Å². The molecule has 0 aliphatic carbocycles. The van der Waals surface area contributed by atoms with E-state index in [1.54, 1.807) is 0 Å². The van der Waals surface area contributed by atoms with Gasteiger partial charge in [0.05, 0.1) is 17.8 Å². The van der Waals surface area contributed by atoms with Crippen molar-refractivity contribution in [3.05, 3.63) is 54.0 Å². The topological polar surface area (TPSA) is 48.8 Å². The molecule has 0 bridgehead atoms. The van der Waals surface area contributed by atoms with Crippen LogP contribution in [0.4, 0.5) is 0 Å². The Kier molecular flexibility index (Phi) is 3.80. The molecule has 110 valence electrons. The standard InChI is InChI=1S/C17H22N4/c1-3-14(18)10-13-8-9-21(11-13)12-16-15-6-4-5-7-17(15)20(2)19-16/h4-9,11,14H,3,10,12,18H2,1-2H3. The van der Waals surface area contributed by atoms with Crippen LogP contribution >= 0.6 is 0 Å². The summed E-state index contributed by atoms with van der Waals surface area (Å²) < 4.78 is 4.13. The first-order valence-electron chi connectivity index (χ1n) is 7.48. The molecule has 1 aromatic carbocycles. The van der Waals surface area contributed by atoms with Gasteiger partial charge in [0, 0.05) is 30.9 Å². The maximum atomic E-state index is 6.02. The Hall–Kier alpha value is -2.07. The average Bonchev–Trinajstić information content (AvgIpc) is 3.05. The minimum Gasteiger partial charge on any atom is -0.348 e. The summed E-state index contributed by atoms with van der Waals surface area (Å²) in [5.74, 6) is 0. The smallest absolute Gasteiger partial charge is 0.0900 e. The van der Waals surface area contributed by atoms with E-state index < -0.39 is 0 Å². The number of benzene rings is 1. The van der Waals surface area contributed by atoms with Gasteiger partial charge in [-0.1, -0.05) is 25.1 Å². The lowest BCUT2D eigenvalue weighted by Crippen LogP contribution is -2.21. The van der Waals surface area contributed by atoms with Gasteiger partial charge in [-0.3, -0.25) is 4.68 Å². The van der Waals surface area contributed by atoms with E-state index >= 15 is 0 Å². The van der Waals surface area contributed by atoms with E-state index in [2.05, 4.69) is 53.2 Å². The number of rotatable bonds is 5. The summed E-state index contributed by atoms with van der Waals surface area (Å²) in [6.45, 7) is 2.92. The molecule has 3 aromatic rings. The lowest BCUT2D eigenvalue weighted by atomic mass is 10.1. The van der Waals surface area contributed by atoms with Gasteiger partial charge >= 0.3 is 0 Å². The van der Waals surface area contributed by atoms with E-state index in [0.29, 0.717) is 0 Å². The van der Waals surface area contributed by atoms with E-state index in [0.717, 1.165) is 25.1 Å². The van der Waals surface area contributed by atoms with Crippen molar-refractivity contribution in [3.63, 3.8) is 0 Å². The highest BCUT2D eigenvalue weighted by molar-refractivity contribution is 5.81. The Morgan fingerprint density at radius 2 is 2.05 bits per heavy atom. The molecule has 0 aliphatic rings. The van der Waals surface area contributed by atoms with Crippen molar-refractivity contribution in [2.75, 3.05) is 0 Å². The maximum Gasteiger partial charge on any atom is 0.0900 e. The van der Waals surface area contributed by atoms with Crippen LogP contribution in [0.5, 0.6) is 0 Å². The second kappa shape index (κ2) is 5.74. The molecule has 0 fully saturated rings. The van der Waals surface area contributed by atoms with Crippen molar-refractivity contribution < 1.29 is 0 Å². The van der Waals surface area contributed by atoms with Crippen molar-refractivity contribution in [3.8, 4) is 0 Å². The Balaban J connectivity index is 1.82. The van der Waals surface area contributed by atoms with Gasteiger partial charge in [0.2, 0.25) is 0 Å². The highest BCUT2D eigenvalue weighted by Gasteiger charge is 2.09. The molecule has 2 heterocycles. The molecule has 0 amide bonds. The van der Waals surface area contributed by atoms with Crippen LogP contribution in [-0.4, -0.2) is 20.4 Å². The molecule has 0 spiro atoms. The summed E-state index contributed by atoms with van der Waals surface area (Å²) in [7, 11) is 1.99. The van der Waals surface area contributed by atoms with E-state index in [4.69, 9.17) is 5.73 Å². The highest BCUT2D eigenvalue weighted by atomic mass is 15.3. The number of hydrogen-bond acceptors (Lipinski definition) is 2. The molecule has 0 saturated heterocycles. The van der Waals surface area contributed by atoms with Gasteiger partial charge < -0.3 is 10.3 Å². The lowest BCUT2D eigenvalue weighted by molar-refractivity contribution is 0.644. The molecule has 4 heteroatoms. The van der Waals surface area contributed by atoms with Crippen LogP contribution in [0.15, 0.2) is 42.7 Å². The monoisotopic (exact) mass is 282 g/mol. The first-order chi connectivity index (χ1) is 10.2. The zero-order valence-electron chi connectivity index (χ0n) is 12.7. The van der Waals surface area contributed by atoms with Crippen LogP contribution in [0.25, 0.3) is 10.9 Å². The number of aryl methyl sites for hydroxylation is 1. The summed E-state index contributed by atoms with van der Waals surface area (Å²) >= 11 is 0. The van der Waals surface area contributed by atoms with Gasteiger partial charge in [-0.2, -0.15) is 5.10 Å². The number of para-hydroxylation sites is 1. The van der Waals surface area contributed by atoms with Crippen LogP contribution in [0.1, 0.15) is 24.6 Å². The maximum absolute atomic E-state index is 6.02. The number of aromatic nitrogens is 3. The minimum atomic E-state index is 0.247. The van der Waals surface area contributed by atoms with Crippen molar-refractivity contribution in [2.45, 2.75) is 32.4 Å². The zero-order chi connectivity index (χ0) is 14.8. The molecule has 0 aliphatic heterocycles. The Morgan fingerprint density at radius 3 is 2.86 bits per heavy atom. The Bertz CT molecular complexity index is 738. The van der Waals surface area contributed by atoms with Crippen molar-refractivity contribution >= 4 is 10.9 Å². The number of hydrogen-bond donors (Lipinski definition) is 1. The molecular formula is C17H22N4. The first-order valence-corrected chi connectivity index (χ1v) is 7.48. The van der Waals surface area contributed by atoms with Gasteiger partial charge in [0.15, 0.2) is 0 Å². The Morgan fingerprint density at radius 1 is 1.24 bits per heavy atom. The quantitative estimate of drug-likeness (QED) is 0.782. The minimum absolute atomic E-state index is 0.247. The van der Waals surface area contributed by atoms with Gasteiger partial charge in [-0.25, -0.2) is 0 Å². The van der Waals surface area contributed by atoms with Gasteiger partial charge in [-0.15, -0.1) is 0 Å². The second-order valence-corrected chi connectivity index (χ2v) is 5.65. The summed E-state index contributed by atoms with van der Waals surface area (Å²) in [6.07, 6.45) is 6.24. The summed E-state index contributed by atoms with van der Waals surface area (Å²) in [5.41, 5.74) is 9.60. The van der Waals surface area contributed by atoms with E-state index in [1.165, 1.54) is 16.5 Å². The third-order valence-electron chi connectivity index (χ3n) is 4.00. The van der Waals surface area contributed by atoms with Crippen molar-refractivity contribution in [2.24, 2.45) is 12.8 Å².